The van der Waals surface area contributed by atoms with Crippen LogP contribution < -0.4 is 5.73 Å². The molecule has 2 heteroatoms. The van der Waals surface area contributed by atoms with E-state index < -0.39 is 0 Å². The highest BCUT2D eigenvalue weighted by Crippen LogP contribution is 2.23. The molecule has 1 heterocycles. The van der Waals surface area contributed by atoms with Crippen LogP contribution in [0.2, 0.25) is 0 Å². The number of benzene rings is 1. The zero-order valence-corrected chi connectivity index (χ0v) is 11.0. The summed E-state index contributed by atoms with van der Waals surface area (Å²) in [5.74, 6) is 0.661. The fraction of sp³-hybridized carbons (Fsp3) is 0.467. The van der Waals surface area contributed by atoms with Gasteiger partial charge in [-0.3, -0.25) is 0 Å². The minimum absolute atomic E-state index is 0.216. The lowest BCUT2D eigenvalue weighted by atomic mass is 10.1. The second-order valence-electron chi connectivity index (χ2n) is 5.40. The molecule has 0 saturated heterocycles. The Morgan fingerprint density at radius 1 is 1.18 bits per heavy atom. The van der Waals surface area contributed by atoms with Crippen LogP contribution in [-0.2, 0) is 13.0 Å². The molecule has 0 fully saturated rings. The van der Waals surface area contributed by atoms with E-state index in [1.165, 1.54) is 16.5 Å². The monoisotopic (exact) mass is 230 g/mol. The van der Waals surface area contributed by atoms with E-state index in [9.17, 15) is 0 Å². The molecule has 2 N–H and O–H groups in total. The van der Waals surface area contributed by atoms with Gasteiger partial charge in [-0.2, -0.15) is 0 Å². The number of para-hydroxylation sites is 1. The van der Waals surface area contributed by atoms with E-state index in [1.54, 1.807) is 0 Å². The topological polar surface area (TPSA) is 30.9 Å². The van der Waals surface area contributed by atoms with Gasteiger partial charge in [0.1, 0.15) is 0 Å². The summed E-state index contributed by atoms with van der Waals surface area (Å²) in [5.41, 5.74) is 8.62. The second kappa shape index (κ2) is 4.92. The normalized spacial score (nSPS) is 13.5. The van der Waals surface area contributed by atoms with Gasteiger partial charge in [-0.15, -0.1) is 0 Å². The molecule has 0 amide bonds. The summed E-state index contributed by atoms with van der Waals surface area (Å²) < 4.78 is 2.36. The fourth-order valence-corrected chi connectivity index (χ4v) is 2.38. The lowest BCUT2D eigenvalue weighted by molar-refractivity contribution is 0.534. The number of aromatic nitrogens is 1. The van der Waals surface area contributed by atoms with E-state index in [0.29, 0.717) is 5.92 Å². The number of hydrogen-bond acceptors (Lipinski definition) is 1. The Balaban J connectivity index is 2.46. The maximum atomic E-state index is 5.92. The third kappa shape index (κ3) is 2.70. The second-order valence-corrected chi connectivity index (χ2v) is 5.40. The van der Waals surface area contributed by atoms with Crippen LogP contribution in [0.15, 0.2) is 30.5 Å². The standard InChI is InChI=1S/C15H22N2/c1-11(2)9-17-10-13(8-12(3)16)14-6-4-5-7-15(14)17/h4-7,10-12H,8-9,16H2,1-3H3. The van der Waals surface area contributed by atoms with Crippen LogP contribution in [0.25, 0.3) is 10.9 Å². The Kier molecular flexibility index (Phi) is 3.53. The van der Waals surface area contributed by atoms with Crippen molar-refractivity contribution in [2.75, 3.05) is 0 Å². The van der Waals surface area contributed by atoms with E-state index >= 15 is 0 Å². The average Bonchev–Trinajstić information content (AvgIpc) is 2.56. The molecule has 0 radical (unpaired) electrons. The van der Waals surface area contributed by atoms with Gasteiger partial charge < -0.3 is 10.3 Å². The summed E-state index contributed by atoms with van der Waals surface area (Å²) in [5, 5.41) is 1.35. The highest BCUT2D eigenvalue weighted by molar-refractivity contribution is 5.84. The van der Waals surface area contributed by atoms with Crippen LogP contribution in [0.3, 0.4) is 0 Å². The molecule has 2 nitrogen and oxygen atoms in total. The Morgan fingerprint density at radius 3 is 2.53 bits per heavy atom. The number of fused-ring (bicyclic) bond motifs is 1. The molecule has 0 aliphatic rings. The van der Waals surface area contributed by atoms with Crippen LogP contribution >= 0.6 is 0 Å². The molecule has 2 aromatic rings. The van der Waals surface area contributed by atoms with Gasteiger partial charge in [0.15, 0.2) is 0 Å². The molecule has 92 valence electrons. The van der Waals surface area contributed by atoms with Crippen LogP contribution in [0.1, 0.15) is 26.3 Å². The van der Waals surface area contributed by atoms with Gasteiger partial charge >= 0.3 is 0 Å². The van der Waals surface area contributed by atoms with Gasteiger partial charge in [0.2, 0.25) is 0 Å². The first-order chi connectivity index (χ1) is 8.08. The highest BCUT2D eigenvalue weighted by Gasteiger charge is 2.10. The number of hydrogen-bond donors (Lipinski definition) is 1. The molecule has 1 aromatic heterocycles. The summed E-state index contributed by atoms with van der Waals surface area (Å²) in [6.07, 6.45) is 3.22. The van der Waals surface area contributed by atoms with Crippen LogP contribution in [0.5, 0.6) is 0 Å². The zero-order chi connectivity index (χ0) is 12.4. The lowest BCUT2D eigenvalue weighted by Gasteiger charge is -2.07. The van der Waals surface area contributed by atoms with Gasteiger partial charge in [0.25, 0.3) is 0 Å². The maximum Gasteiger partial charge on any atom is 0.0483 e. The highest BCUT2D eigenvalue weighted by atomic mass is 15.0. The van der Waals surface area contributed by atoms with E-state index in [-0.39, 0.29) is 6.04 Å². The largest absolute Gasteiger partial charge is 0.347 e. The number of nitrogens with two attached hydrogens (primary N) is 1. The molecule has 1 unspecified atom stereocenters. The van der Waals surface area contributed by atoms with E-state index in [4.69, 9.17) is 5.73 Å². The molecule has 0 spiro atoms. The van der Waals surface area contributed by atoms with Crippen molar-refractivity contribution in [2.45, 2.75) is 39.8 Å². The minimum atomic E-state index is 0.216. The average molecular weight is 230 g/mol. The molecule has 0 bridgehead atoms. The molecular weight excluding hydrogens is 208 g/mol. The first kappa shape index (κ1) is 12.2. The van der Waals surface area contributed by atoms with Crippen molar-refractivity contribution < 1.29 is 0 Å². The van der Waals surface area contributed by atoms with Crippen LogP contribution in [0.4, 0.5) is 0 Å². The third-order valence-electron chi connectivity index (χ3n) is 2.97. The fourth-order valence-electron chi connectivity index (χ4n) is 2.38. The predicted molar refractivity (Wildman–Crippen MR) is 74.1 cm³/mol. The summed E-state index contributed by atoms with van der Waals surface area (Å²) in [7, 11) is 0. The molecule has 0 saturated carbocycles. The smallest absolute Gasteiger partial charge is 0.0483 e. The SMILES string of the molecule is CC(C)Cn1cc(CC(C)N)c2ccccc21. The predicted octanol–water partition coefficient (Wildman–Crippen LogP) is 3.19. The maximum absolute atomic E-state index is 5.92. The zero-order valence-electron chi connectivity index (χ0n) is 11.0. The van der Waals surface area contributed by atoms with Gasteiger partial charge in [-0.05, 0) is 30.9 Å². The Morgan fingerprint density at radius 2 is 1.88 bits per heavy atom. The Labute approximate surface area is 103 Å². The minimum Gasteiger partial charge on any atom is -0.347 e. The summed E-state index contributed by atoms with van der Waals surface area (Å²) in [4.78, 5) is 0. The quantitative estimate of drug-likeness (QED) is 0.859. The number of nitrogens with zero attached hydrogens (tertiary/aromatic N) is 1. The molecule has 0 aliphatic carbocycles. The number of rotatable bonds is 4. The molecule has 0 aliphatic heterocycles. The van der Waals surface area contributed by atoms with Gasteiger partial charge in [-0.25, -0.2) is 0 Å². The van der Waals surface area contributed by atoms with Gasteiger partial charge in [0, 0.05) is 29.7 Å². The molecule has 1 atom stereocenters. The van der Waals surface area contributed by atoms with Crippen molar-refractivity contribution in [1.82, 2.24) is 4.57 Å². The first-order valence-electron chi connectivity index (χ1n) is 6.40. The van der Waals surface area contributed by atoms with Gasteiger partial charge in [-0.1, -0.05) is 32.0 Å². The van der Waals surface area contributed by atoms with Crippen molar-refractivity contribution >= 4 is 10.9 Å². The van der Waals surface area contributed by atoms with Crippen molar-refractivity contribution in [3.05, 3.63) is 36.0 Å². The molecule has 2 rings (SSSR count). The summed E-state index contributed by atoms with van der Waals surface area (Å²) in [6, 6.07) is 8.82. The first-order valence-corrected chi connectivity index (χ1v) is 6.40. The van der Waals surface area contributed by atoms with Crippen LogP contribution in [0, 0.1) is 5.92 Å². The molecule has 1 aromatic carbocycles. The van der Waals surface area contributed by atoms with E-state index in [0.717, 1.165) is 13.0 Å². The van der Waals surface area contributed by atoms with E-state index in [2.05, 4.69) is 55.8 Å². The van der Waals surface area contributed by atoms with Crippen molar-refractivity contribution in [3.63, 3.8) is 0 Å². The third-order valence-corrected chi connectivity index (χ3v) is 2.97. The molecule has 17 heavy (non-hydrogen) atoms. The van der Waals surface area contributed by atoms with Crippen LogP contribution in [-0.4, -0.2) is 10.6 Å². The Bertz CT molecular complexity index is 451. The van der Waals surface area contributed by atoms with Crippen molar-refractivity contribution in [1.29, 1.82) is 0 Å². The lowest BCUT2D eigenvalue weighted by Crippen LogP contribution is -2.17. The van der Waals surface area contributed by atoms with Gasteiger partial charge in [0.05, 0.1) is 0 Å². The van der Waals surface area contributed by atoms with Crippen molar-refractivity contribution in [2.24, 2.45) is 11.7 Å². The summed E-state index contributed by atoms with van der Waals surface area (Å²) >= 11 is 0. The molecular formula is C15H22N2. The Hall–Kier alpha value is -1.28. The van der Waals surface area contributed by atoms with E-state index in [1.807, 2.05) is 0 Å². The summed E-state index contributed by atoms with van der Waals surface area (Å²) in [6.45, 7) is 7.63. The van der Waals surface area contributed by atoms with Crippen molar-refractivity contribution in [3.8, 4) is 0 Å².